The fraction of sp³-hybridized carbons (Fsp3) is 0.636. The molecule has 0 aromatic carbocycles. The van der Waals surface area contributed by atoms with Gasteiger partial charge in [0.2, 0.25) is 0 Å². The number of likely N-dealkylation sites (tertiary alicyclic amines) is 1. The van der Waals surface area contributed by atoms with Gasteiger partial charge in [0.25, 0.3) is 5.56 Å². The van der Waals surface area contributed by atoms with Crippen LogP contribution in [0.1, 0.15) is 18.5 Å². The number of nitrogens with zero attached hydrogens (tertiary/aromatic N) is 2. The molecule has 0 aliphatic carbocycles. The fourth-order valence-corrected chi connectivity index (χ4v) is 2.03. The first kappa shape index (κ1) is 11.3. The van der Waals surface area contributed by atoms with Gasteiger partial charge in [0.1, 0.15) is 5.69 Å². The van der Waals surface area contributed by atoms with E-state index in [9.17, 15) is 4.79 Å². The molecule has 0 atom stereocenters. The lowest BCUT2D eigenvalue weighted by Gasteiger charge is -2.30. The normalized spacial score (nSPS) is 18.8. The zero-order chi connectivity index (χ0) is 11.4. The van der Waals surface area contributed by atoms with Crippen molar-refractivity contribution in [3.8, 4) is 0 Å². The summed E-state index contributed by atoms with van der Waals surface area (Å²) in [6.45, 7) is 2.74. The van der Waals surface area contributed by atoms with Crippen LogP contribution in [0, 0.1) is 5.92 Å². The number of aliphatic hydroxyl groups excluding tert-OH is 1. The molecule has 2 N–H and O–H groups in total. The molecule has 1 aromatic heterocycles. The monoisotopic (exact) mass is 223 g/mol. The van der Waals surface area contributed by atoms with Gasteiger partial charge < -0.3 is 10.1 Å². The maximum Gasteiger partial charge on any atom is 0.270 e. The summed E-state index contributed by atoms with van der Waals surface area (Å²) in [5.74, 6) is 0.429. The van der Waals surface area contributed by atoms with E-state index in [1.54, 1.807) is 12.4 Å². The van der Waals surface area contributed by atoms with E-state index >= 15 is 0 Å². The molecule has 88 valence electrons. The third kappa shape index (κ3) is 2.68. The summed E-state index contributed by atoms with van der Waals surface area (Å²) in [5.41, 5.74) is 0.469. The van der Waals surface area contributed by atoms with Crippen LogP contribution in [0.4, 0.5) is 0 Å². The average molecular weight is 223 g/mol. The maximum absolute atomic E-state index is 11.4. The predicted molar refractivity (Wildman–Crippen MR) is 59.9 cm³/mol. The largest absolute Gasteiger partial charge is 0.396 e. The first-order valence-electron chi connectivity index (χ1n) is 5.65. The summed E-state index contributed by atoms with van der Waals surface area (Å²) in [7, 11) is 0. The molecular weight excluding hydrogens is 206 g/mol. The molecule has 16 heavy (non-hydrogen) atoms. The van der Waals surface area contributed by atoms with Gasteiger partial charge >= 0.3 is 0 Å². The van der Waals surface area contributed by atoms with Gasteiger partial charge in [0.15, 0.2) is 0 Å². The van der Waals surface area contributed by atoms with E-state index in [4.69, 9.17) is 5.11 Å². The van der Waals surface area contributed by atoms with Crippen LogP contribution < -0.4 is 5.56 Å². The first-order chi connectivity index (χ1) is 7.79. The number of piperidine rings is 1. The minimum Gasteiger partial charge on any atom is -0.396 e. The van der Waals surface area contributed by atoms with Crippen molar-refractivity contribution in [1.82, 2.24) is 14.9 Å². The molecule has 0 unspecified atom stereocenters. The molecule has 1 aromatic rings. The van der Waals surface area contributed by atoms with Crippen LogP contribution in [0.25, 0.3) is 0 Å². The molecule has 1 fully saturated rings. The number of aromatic amines is 1. The zero-order valence-electron chi connectivity index (χ0n) is 9.22. The minimum absolute atomic E-state index is 0.105. The van der Waals surface area contributed by atoms with Gasteiger partial charge in [-0.3, -0.25) is 14.7 Å². The van der Waals surface area contributed by atoms with Crippen molar-refractivity contribution in [2.24, 2.45) is 5.92 Å². The van der Waals surface area contributed by atoms with E-state index < -0.39 is 0 Å². The highest BCUT2D eigenvalue weighted by Gasteiger charge is 2.19. The molecular formula is C11H17N3O2. The molecule has 1 saturated heterocycles. The second-order valence-corrected chi connectivity index (χ2v) is 4.27. The van der Waals surface area contributed by atoms with Crippen molar-refractivity contribution in [3.63, 3.8) is 0 Å². The third-order valence-corrected chi connectivity index (χ3v) is 3.12. The Hall–Kier alpha value is -1.20. The van der Waals surface area contributed by atoms with Gasteiger partial charge in [0.05, 0.1) is 0 Å². The van der Waals surface area contributed by atoms with Crippen LogP contribution in [-0.4, -0.2) is 39.7 Å². The molecule has 0 bridgehead atoms. The quantitative estimate of drug-likeness (QED) is 0.755. The number of nitrogens with one attached hydrogen (secondary N) is 1. The molecule has 0 saturated carbocycles. The summed E-state index contributed by atoms with van der Waals surface area (Å²) in [6.07, 6.45) is 5.16. The Bertz CT molecular complexity index is 383. The molecule has 1 aliphatic heterocycles. The van der Waals surface area contributed by atoms with Crippen molar-refractivity contribution < 1.29 is 5.11 Å². The SMILES string of the molecule is O=c1[nH]ccnc1CN1CCC(CO)CC1. The van der Waals surface area contributed by atoms with Crippen LogP contribution in [0.15, 0.2) is 17.2 Å². The van der Waals surface area contributed by atoms with Crippen LogP contribution in [0.2, 0.25) is 0 Å². The van der Waals surface area contributed by atoms with E-state index in [2.05, 4.69) is 14.9 Å². The van der Waals surface area contributed by atoms with Gasteiger partial charge in [-0.25, -0.2) is 0 Å². The fourth-order valence-electron chi connectivity index (χ4n) is 2.03. The lowest BCUT2D eigenvalue weighted by Crippen LogP contribution is -2.36. The van der Waals surface area contributed by atoms with Crippen LogP contribution in [-0.2, 0) is 6.54 Å². The van der Waals surface area contributed by atoms with E-state index in [0.717, 1.165) is 25.9 Å². The summed E-state index contributed by atoms with van der Waals surface area (Å²) in [6, 6.07) is 0. The van der Waals surface area contributed by atoms with Crippen LogP contribution in [0.5, 0.6) is 0 Å². The Labute approximate surface area is 94.1 Å². The number of hydrogen-bond acceptors (Lipinski definition) is 4. The van der Waals surface area contributed by atoms with Crippen molar-refractivity contribution in [1.29, 1.82) is 0 Å². The number of hydrogen-bond donors (Lipinski definition) is 2. The molecule has 1 aliphatic rings. The Morgan fingerprint density at radius 3 is 2.88 bits per heavy atom. The van der Waals surface area contributed by atoms with Crippen LogP contribution in [0.3, 0.4) is 0 Å². The van der Waals surface area contributed by atoms with E-state index in [0.29, 0.717) is 18.2 Å². The average Bonchev–Trinajstić information content (AvgIpc) is 2.33. The predicted octanol–water partition coefficient (Wildman–Crippen LogP) is -0.0258. The smallest absolute Gasteiger partial charge is 0.270 e. The lowest BCUT2D eigenvalue weighted by molar-refractivity contribution is 0.126. The second-order valence-electron chi connectivity index (χ2n) is 4.27. The van der Waals surface area contributed by atoms with Crippen molar-refractivity contribution >= 4 is 0 Å². The van der Waals surface area contributed by atoms with Crippen molar-refractivity contribution in [2.75, 3.05) is 19.7 Å². The maximum atomic E-state index is 11.4. The Balaban J connectivity index is 1.92. The number of H-pyrrole nitrogens is 1. The summed E-state index contributed by atoms with van der Waals surface area (Å²) in [4.78, 5) is 20.3. The minimum atomic E-state index is -0.105. The molecule has 2 heterocycles. The second kappa shape index (κ2) is 5.23. The topological polar surface area (TPSA) is 69.2 Å². The summed E-state index contributed by atoms with van der Waals surface area (Å²) < 4.78 is 0. The highest BCUT2D eigenvalue weighted by atomic mass is 16.3. The standard InChI is InChI=1S/C11H17N3O2/c15-8-9-1-5-14(6-2-9)7-10-11(16)13-4-3-12-10/h3-4,9,15H,1-2,5-8H2,(H,13,16). The van der Waals surface area contributed by atoms with Crippen molar-refractivity contribution in [3.05, 3.63) is 28.4 Å². The Morgan fingerprint density at radius 2 is 2.25 bits per heavy atom. The Kier molecular flexibility index (Phi) is 3.69. The van der Waals surface area contributed by atoms with Gasteiger partial charge in [-0.05, 0) is 31.8 Å². The Morgan fingerprint density at radius 1 is 1.50 bits per heavy atom. The number of rotatable bonds is 3. The molecule has 5 nitrogen and oxygen atoms in total. The highest BCUT2D eigenvalue weighted by Crippen LogP contribution is 2.16. The van der Waals surface area contributed by atoms with Crippen LogP contribution >= 0.6 is 0 Å². The highest BCUT2D eigenvalue weighted by molar-refractivity contribution is 4.95. The van der Waals surface area contributed by atoms with E-state index in [1.807, 2.05) is 0 Å². The third-order valence-electron chi connectivity index (χ3n) is 3.12. The first-order valence-corrected chi connectivity index (χ1v) is 5.65. The molecule has 0 spiro atoms. The van der Waals surface area contributed by atoms with Gasteiger partial charge in [-0.1, -0.05) is 0 Å². The lowest BCUT2D eigenvalue weighted by atomic mass is 9.98. The summed E-state index contributed by atoms with van der Waals surface area (Å²) >= 11 is 0. The molecule has 0 radical (unpaired) electrons. The van der Waals surface area contributed by atoms with Crippen molar-refractivity contribution in [2.45, 2.75) is 19.4 Å². The van der Waals surface area contributed by atoms with E-state index in [1.165, 1.54) is 0 Å². The molecule has 0 amide bonds. The molecule has 2 rings (SSSR count). The number of aromatic nitrogens is 2. The van der Waals surface area contributed by atoms with Gasteiger partial charge in [0, 0.05) is 25.5 Å². The number of aliphatic hydroxyl groups is 1. The van der Waals surface area contributed by atoms with Gasteiger partial charge in [-0.15, -0.1) is 0 Å². The summed E-state index contributed by atoms with van der Waals surface area (Å²) in [5, 5.41) is 9.03. The zero-order valence-corrected chi connectivity index (χ0v) is 9.22. The van der Waals surface area contributed by atoms with Gasteiger partial charge in [-0.2, -0.15) is 0 Å². The van der Waals surface area contributed by atoms with E-state index in [-0.39, 0.29) is 12.2 Å². The molecule has 5 heteroatoms.